The summed E-state index contributed by atoms with van der Waals surface area (Å²) in [6, 6.07) is 1.96. The highest BCUT2D eigenvalue weighted by molar-refractivity contribution is 5.36. The summed E-state index contributed by atoms with van der Waals surface area (Å²) in [7, 11) is 3.89. The molecule has 3 nitrogen and oxygen atoms in total. The zero-order valence-electron chi connectivity index (χ0n) is 7.46. The third-order valence-electron chi connectivity index (χ3n) is 1.54. The summed E-state index contributed by atoms with van der Waals surface area (Å²) in [5.41, 5.74) is 0. The lowest BCUT2D eigenvalue weighted by atomic mass is 10.2. The number of nitrogens with zero attached hydrogens (tertiary/aromatic N) is 2. The fourth-order valence-electron chi connectivity index (χ4n) is 0.762. The third-order valence-corrected chi connectivity index (χ3v) is 1.54. The van der Waals surface area contributed by atoms with Gasteiger partial charge in [0.05, 0.1) is 0 Å². The highest BCUT2D eigenvalue weighted by Gasteiger charge is 2.07. The van der Waals surface area contributed by atoms with E-state index in [1.54, 1.807) is 0 Å². The first kappa shape index (κ1) is 8.11. The molecular weight excluding hydrogens is 140 g/mol. The van der Waals surface area contributed by atoms with Gasteiger partial charge in [-0.15, -0.1) is 0 Å². The number of rotatable bonds is 2. The van der Waals surface area contributed by atoms with Crippen LogP contribution in [0.25, 0.3) is 0 Å². The number of hydrogen-bond donors (Lipinski definition) is 0. The minimum atomic E-state index is 0.413. The topological polar surface area (TPSA) is 29.3 Å². The predicted octanol–water partition coefficient (Wildman–Crippen LogP) is 1.86. The maximum Gasteiger partial charge on any atom is 0.171 e. The van der Waals surface area contributed by atoms with E-state index in [2.05, 4.69) is 19.0 Å². The van der Waals surface area contributed by atoms with Gasteiger partial charge in [0.15, 0.2) is 5.82 Å². The molecule has 0 fully saturated rings. The second kappa shape index (κ2) is 2.95. The van der Waals surface area contributed by atoms with Gasteiger partial charge in [-0.3, -0.25) is 0 Å². The SMILES string of the molecule is CC(C)c1cc(N(C)C)no1. The van der Waals surface area contributed by atoms with Gasteiger partial charge in [0.1, 0.15) is 5.76 Å². The second-order valence-electron chi connectivity index (χ2n) is 3.14. The molecule has 0 saturated heterocycles. The van der Waals surface area contributed by atoms with E-state index in [1.165, 1.54) is 0 Å². The maximum atomic E-state index is 5.10. The molecule has 0 aliphatic rings. The van der Waals surface area contributed by atoms with Crippen LogP contribution >= 0.6 is 0 Å². The molecule has 0 amide bonds. The van der Waals surface area contributed by atoms with E-state index < -0.39 is 0 Å². The van der Waals surface area contributed by atoms with Gasteiger partial charge in [-0.1, -0.05) is 19.0 Å². The van der Waals surface area contributed by atoms with E-state index in [1.807, 2.05) is 25.1 Å². The Hall–Kier alpha value is -0.990. The summed E-state index contributed by atoms with van der Waals surface area (Å²) in [6.45, 7) is 4.17. The van der Waals surface area contributed by atoms with Gasteiger partial charge in [0, 0.05) is 26.1 Å². The highest BCUT2D eigenvalue weighted by atomic mass is 16.5. The van der Waals surface area contributed by atoms with Gasteiger partial charge in [-0.05, 0) is 0 Å². The van der Waals surface area contributed by atoms with Gasteiger partial charge in [-0.25, -0.2) is 0 Å². The van der Waals surface area contributed by atoms with Crippen molar-refractivity contribution in [3.8, 4) is 0 Å². The van der Waals surface area contributed by atoms with Gasteiger partial charge in [0.2, 0.25) is 0 Å². The maximum absolute atomic E-state index is 5.10. The van der Waals surface area contributed by atoms with Crippen molar-refractivity contribution < 1.29 is 4.52 Å². The van der Waals surface area contributed by atoms with Gasteiger partial charge >= 0.3 is 0 Å². The van der Waals surface area contributed by atoms with Gasteiger partial charge in [-0.2, -0.15) is 0 Å². The van der Waals surface area contributed by atoms with Gasteiger partial charge < -0.3 is 9.42 Å². The van der Waals surface area contributed by atoms with Crippen molar-refractivity contribution in [2.75, 3.05) is 19.0 Å². The number of hydrogen-bond acceptors (Lipinski definition) is 3. The monoisotopic (exact) mass is 154 g/mol. The Kier molecular flexibility index (Phi) is 2.17. The molecule has 62 valence electrons. The van der Waals surface area contributed by atoms with Crippen LogP contribution in [0, 0.1) is 0 Å². The van der Waals surface area contributed by atoms with Crippen LogP contribution in [-0.4, -0.2) is 19.3 Å². The smallest absolute Gasteiger partial charge is 0.171 e. The minimum Gasteiger partial charge on any atom is -0.360 e. The van der Waals surface area contributed by atoms with Crippen LogP contribution in [0.15, 0.2) is 10.6 Å². The summed E-state index contributed by atoms with van der Waals surface area (Å²) in [4.78, 5) is 1.93. The molecule has 0 aliphatic heterocycles. The Labute approximate surface area is 67.0 Å². The van der Waals surface area contributed by atoms with Crippen LogP contribution < -0.4 is 4.90 Å². The lowest BCUT2D eigenvalue weighted by Gasteiger charge is -2.04. The number of anilines is 1. The van der Waals surface area contributed by atoms with Crippen molar-refractivity contribution in [3.05, 3.63) is 11.8 Å². The van der Waals surface area contributed by atoms with Crippen LogP contribution in [0.1, 0.15) is 25.5 Å². The van der Waals surface area contributed by atoms with E-state index in [4.69, 9.17) is 4.52 Å². The molecule has 0 unspecified atom stereocenters. The molecule has 1 heterocycles. The zero-order valence-corrected chi connectivity index (χ0v) is 7.46. The fourth-order valence-corrected chi connectivity index (χ4v) is 0.762. The molecule has 1 aromatic rings. The average molecular weight is 154 g/mol. The van der Waals surface area contributed by atoms with Crippen LogP contribution in [0.2, 0.25) is 0 Å². The molecule has 1 aromatic heterocycles. The first-order chi connectivity index (χ1) is 5.11. The molecule has 0 atom stereocenters. The van der Waals surface area contributed by atoms with Crippen molar-refractivity contribution in [2.24, 2.45) is 0 Å². The molecule has 0 bridgehead atoms. The first-order valence-electron chi connectivity index (χ1n) is 3.75. The van der Waals surface area contributed by atoms with Crippen molar-refractivity contribution in [3.63, 3.8) is 0 Å². The summed E-state index contributed by atoms with van der Waals surface area (Å²) in [5, 5.41) is 3.89. The minimum absolute atomic E-state index is 0.413. The van der Waals surface area contributed by atoms with Crippen LogP contribution in [0.5, 0.6) is 0 Å². The first-order valence-corrected chi connectivity index (χ1v) is 3.75. The van der Waals surface area contributed by atoms with Crippen molar-refractivity contribution in [1.29, 1.82) is 0 Å². The van der Waals surface area contributed by atoms with E-state index in [-0.39, 0.29) is 0 Å². The molecule has 0 radical (unpaired) electrons. The van der Waals surface area contributed by atoms with E-state index in [0.717, 1.165) is 11.6 Å². The quantitative estimate of drug-likeness (QED) is 0.651. The molecule has 0 aromatic carbocycles. The fraction of sp³-hybridized carbons (Fsp3) is 0.625. The Balaban J connectivity index is 2.82. The summed E-state index contributed by atoms with van der Waals surface area (Å²) >= 11 is 0. The second-order valence-corrected chi connectivity index (χ2v) is 3.14. The standard InChI is InChI=1S/C8H14N2O/c1-6(2)7-5-8(9-11-7)10(3)4/h5-6H,1-4H3. The summed E-state index contributed by atoms with van der Waals surface area (Å²) < 4.78 is 5.10. The lowest BCUT2D eigenvalue weighted by molar-refractivity contribution is 0.372. The zero-order chi connectivity index (χ0) is 8.43. The molecule has 0 aliphatic carbocycles. The Morgan fingerprint density at radius 2 is 2.09 bits per heavy atom. The average Bonchev–Trinajstić information content (AvgIpc) is 2.33. The molecule has 0 N–H and O–H groups in total. The Morgan fingerprint density at radius 1 is 1.45 bits per heavy atom. The van der Waals surface area contributed by atoms with Crippen molar-refractivity contribution in [1.82, 2.24) is 5.16 Å². The van der Waals surface area contributed by atoms with Gasteiger partial charge in [0.25, 0.3) is 0 Å². The lowest BCUT2D eigenvalue weighted by Crippen LogP contribution is -2.08. The van der Waals surface area contributed by atoms with Crippen LogP contribution in [0.4, 0.5) is 5.82 Å². The van der Waals surface area contributed by atoms with Crippen LogP contribution in [-0.2, 0) is 0 Å². The predicted molar refractivity (Wildman–Crippen MR) is 44.9 cm³/mol. The molecular formula is C8H14N2O. The highest BCUT2D eigenvalue weighted by Crippen LogP contribution is 2.18. The normalized spacial score (nSPS) is 10.6. The Bertz CT molecular complexity index is 205. The molecule has 0 spiro atoms. The van der Waals surface area contributed by atoms with Crippen molar-refractivity contribution in [2.45, 2.75) is 19.8 Å². The summed E-state index contributed by atoms with van der Waals surface area (Å²) in [5.74, 6) is 2.23. The molecule has 11 heavy (non-hydrogen) atoms. The molecule has 3 heteroatoms. The van der Waals surface area contributed by atoms with Crippen LogP contribution in [0.3, 0.4) is 0 Å². The largest absolute Gasteiger partial charge is 0.360 e. The van der Waals surface area contributed by atoms with E-state index in [0.29, 0.717) is 5.92 Å². The number of aromatic nitrogens is 1. The third kappa shape index (κ3) is 1.73. The van der Waals surface area contributed by atoms with E-state index in [9.17, 15) is 0 Å². The molecule has 0 saturated carbocycles. The Morgan fingerprint density at radius 3 is 2.36 bits per heavy atom. The summed E-state index contributed by atoms with van der Waals surface area (Å²) in [6.07, 6.45) is 0. The van der Waals surface area contributed by atoms with E-state index >= 15 is 0 Å². The van der Waals surface area contributed by atoms with Crippen molar-refractivity contribution >= 4 is 5.82 Å². The molecule has 1 rings (SSSR count).